The lowest BCUT2D eigenvalue weighted by atomic mass is 9.86. The molecule has 1 fully saturated rings. The van der Waals surface area contributed by atoms with Gasteiger partial charge in [0.15, 0.2) is 0 Å². The highest BCUT2D eigenvalue weighted by Crippen LogP contribution is 2.29. The Balaban J connectivity index is 2.19. The van der Waals surface area contributed by atoms with Crippen molar-refractivity contribution in [2.24, 2.45) is 5.92 Å². The normalized spacial score (nSPS) is 23.2. The van der Waals surface area contributed by atoms with Crippen molar-refractivity contribution in [3.63, 3.8) is 0 Å². The number of hydrogen-bond donors (Lipinski definition) is 0. The summed E-state index contributed by atoms with van der Waals surface area (Å²) in [6, 6.07) is 4.85. The molecule has 0 saturated heterocycles. The van der Waals surface area contributed by atoms with Crippen LogP contribution in [0, 0.1) is 11.7 Å². The summed E-state index contributed by atoms with van der Waals surface area (Å²) in [5.41, 5.74) is 0.142. The van der Waals surface area contributed by atoms with Crippen LogP contribution in [0.3, 0.4) is 0 Å². The summed E-state index contributed by atoms with van der Waals surface area (Å²) >= 11 is 3.26. The summed E-state index contributed by atoms with van der Waals surface area (Å²) in [4.78, 5) is 14.2. The third-order valence-electron chi connectivity index (χ3n) is 3.95. The van der Waals surface area contributed by atoms with Gasteiger partial charge < -0.3 is 4.90 Å². The quantitative estimate of drug-likeness (QED) is 0.795. The fourth-order valence-corrected chi connectivity index (χ4v) is 3.31. The first kappa shape index (κ1) is 14.5. The average Bonchev–Trinajstić information content (AvgIpc) is 2.37. The lowest BCUT2D eigenvalue weighted by Crippen LogP contribution is -2.40. The summed E-state index contributed by atoms with van der Waals surface area (Å²) in [6.45, 7) is 2.21. The van der Waals surface area contributed by atoms with Crippen LogP contribution in [-0.4, -0.2) is 23.9 Å². The SMILES string of the molecule is CC1CCCC(N(C)C(=O)c2c(F)cccc2Br)C1. The van der Waals surface area contributed by atoms with Gasteiger partial charge in [0, 0.05) is 17.6 Å². The van der Waals surface area contributed by atoms with Gasteiger partial charge in [0.25, 0.3) is 5.91 Å². The van der Waals surface area contributed by atoms with Crippen LogP contribution in [0.4, 0.5) is 4.39 Å². The molecule has 2 atom stereocenters. The predicted molar refractivity (Wildman–Crippen MR) is 77.6 cm³/mol. The summed E-state index contributed by atoms with van der Waals surface area (Å²) < 4.78 is 14.3. The molecule has 0 aliphatic heterocycles. The first-order chi connectivity index (χ1) is 9.00. The van der Waals surface area contributed by atoms with Gasteiger partial charge in [-0.2, -0.15) is 0 Å². The fourth-order valence-electron chi connectivity index (χ4n) is 2.80. The van der Waals surface area contributed by atoms with Gasteiger partial charge in [-0.05, 0) is 46.8 Å². The molecule has 0 bridgehead atoms. The average molecular weight is 328 g/mol. The molecule has 1 aliphatic carbocycles. The van der Waals surface area contributed by atoms with Gasteiger partial charge in [-0.25, -0.2) is 4.39 Å². The molecule has 4 heteroatoms. The van der Waals surface area contributed by atoms with E-state index in [1.807, 2.05) is 0 Å². The van der Waals surface area contributed by atoms with Crippen LogP contribution in [0.1, 0.15) is 43.0 Å². The van der Waals surface area contributed by atoms with Gasteiger partial charge in [-0.3, -0.25) is 4.79 Å². The molecular weight excluding hydrogens is 309 g/mol. The molecule has 1 aromatic carbocycles. The molecule has 1 amide bonds. The Labute approximate surface area is 122 Å². The molecule has 1 saturated carbocycles. The van der Waals surface area contributed by atoms with Crippen molar-refractivity contribution >= 4 is 21.8 Å². The lowest BCUT2D eigenvalue weighted by molar-refractivity contribution is 0.0666. The van der Waals surface area contributed by atoms with Crippen molar-refractivity contribution in [1.29, 1.82) is 0 Å². The van der Waals surface area contributed by atoms with Gasteiger partial charge in [-0.1, -0.05) is 25.8 Å². The standard InChI is InChI=1S/C15H19BrFNO/c1-10-5-3-6-11(9-10)18(2)15(19)14-12(16)7-4-8-13(14)17/h4,7-8,10-11H,3,5-6,9H2,1-2H3. The van der Waals surface area contributed by atoms with E-state index in [1.165, 1.54) is 12.5 Å². The number of amides is 1. The summed E-state index contributed by atoms with van der Waals surface area (Å²) in [6.07, 6.45) is 4.39. The highest BCUT2D eigenvalue weighted by molar-refractivity contribution is 9.10. The molecule has 104 valence electrons. The van der Waals surface area contributed by atoms with Crippen molar-refractivity contribution in [2.45, 2.75) is 38.6 Å². The number of rotatable bonds is 2. The molecule has 2 rings (SSSR count). The second-order valence-corrected chi connectivity index (χ2v) is 6.29. The maximum absolute atomic E-state index is 13.8. The number of hydrogen-bond acceptors (Lipinski definition) is 1. The van der Waals surface area contributed by atoms with E-state index in [4.69, 9.17) is 0 Å². The van der Waals surface area contributed by atoms with Gasteiger partial charge in [-0.15, -0.1) is 0 Å². The molecule has 2 unspecified atom stereocenters. The third kappa shape index (κ3) is 3.16. The van der Waals surface area contributed by atoms with Gasteiger partial charge in [0.1, 0.15) is 5.82 Å². The van der Waals surface area contributed by atoms with Gasteiger partial charge in [0.05, 0.1) is 5.56 Å². The van der Waals surface area contributed by atoms with Crippen molar-refractivity contribution < 1.29 is 9.18 Å². The van der Waals surface area contributed by atoms with Crippen LogP contribution in [0.15, 0.2) is 22.7 Å². The van der Waals surface area contributed by atoms with Crippen LogP contribution >= 0.6 is 15.9 Å². The van der Waals surface area contributed by atoms with E-state index in [1.54, 1.807) is 24.1 Å². The number of nitrogens with zero attached hydrogens (tertiary/aromatic N) is 1. The molecule has 0 spiro atoms. The molecule has 0 heterocycles. The lowest BCUT2D eigenvalue weighted by Gasteiger charge is -2.34. The van der Waals surface area contributed by atoms with Crippen molar-refractivity contribution in [3.8, 4) is 0 Å². The molecular formula is C15H19BrFNO. The minimum absolute atomic E-state index is 0.142. The fraction of sp³-hybridized carbons (Fsp3) is 0.533. The maximum Gasteiger partial charge on any atom is 0.257 e. The number of halogens is 2. The van der Waals surface area contributed by atoms with Crippen LogP contribution in [-0.2, 0) is 0 Å². The highest BCUT2D eigenvalue weighted by atomic mass is 79.9. The van der Waals surface area contributed by atoms with Gasteiger partial charge >= 0.3 is 0 Å². The summed E-state index contributed by atoms with van der Waals surface area (Å²) in [5, 5.41) is 0. The molecule has 2 nitrogen and oxygen atoms in total. The zero-order valence-electron chi connectivity index (χ0n) is 11.3. The van der Waals surface area contributed by atoms with E-state index >= 15 is 0 Å². The molecule has 0 N–H and O–H groups in total. The van der Waals surface area contributed by atoms with Crippen LogP contribution < -0.4 is 0 Å². The Bertz CT molecular complexity index is 457. The summed E-state index contributed by atoms with van der Waals surface area (Å²) in [5.74, 6) is -0.0581. The van der Waals surface area contributed by atoms with Crippen molar-refractivity contribution in [2.75, 3.05) is 7.05 Å². The second kappa shape index (κ2) is 6.04. The van der Waals surface area contributed by atoms with Crippen LogP contribution in [0.2, 0.25) is 0 Å². The van der Waals surface area contributed by atoms with E-state index in [0.29, 0.717) is 10.4 Å². The van der Waals surface area contributed by atoms with Crippen molar-refractivity contribution in [3.05, 3.63) is 34.1 Å². The second-order valence-electron chi connectivity index (χ2n) is 5.44. The Morgan fingerprint density at radius 3 is 2.79 bits per heavy atom. The molecule has 19 heavy (non-hydrogen) atoms. The third-order valence-corrected chi connectivity index (χ3v) is 4.61. The Morgan fingerprint density at radius 2 is 2.16 bits per heavy atom. The van der Waals surface area contributed by atoms with Crippen LogP contribution in [0.25, 0.3) is 0 Å². The first-order valence-electron chi connectivity index (χ1n) is 6.72. The predicted octanol–water partition coefficient (Wildman–Crippen LogP) is 4.24. The minimum atomic E-state index is -0.463. The number of carbonyl (C=O) groups excluding carboxylic acids is 1. The van der Waals surface area contributed by atoms with E-state index < -0.39 is 5.82 Å². The molecule has 1 aromatic rings. The zero-order valence-corrected chi connectivity index (χ0v) is 12.9. The monoisotopic (exact) mass is 327 g/mol. The van der Waals surface area contributed by atoms with E-state index in [9.17, 15) is 9.18 Å². The first-order valence-corrected chi connectivity index (χ1v) is 7.51. The smallest absolute Gasteiger partial charge is 0.257 e. The highest BCUT2D eigenvalue weighted by Gasteiger charge is 2.28. The Morgan fingerprint density at radius 1 is 1.42 bits per heavy atom. The maximum atomic E-state index is 13.8. The van der Waals surface area contributed by atoms with E-state index in [2.05, 4.69) is 22.9 Å². The van der Waals surface area contributed by atoms with Crippen molar-refractivity contribution in [1.82, 2.24) is 4.90 Å². The Hall–Kier alpha value is -0.900. The minimum Gasteiger partial charge on any atom is -0.339 e. The van der Waals surface area contributed by atoms with E-state index in [-0.39, 0.29) is 17.5 Å². The molecule has 0 radical (unpaired) electrons. The summed E-state index contributed by atoms with van der Waals surface area (Å²) in [7, 11) is 1.78. The Kier molecular flexibility index (Phi) is 4.61. The number of benzene rings is 1. The zero-order chi connectivity index (χ0) is 14.0. The largest absolute Gasteiger partial charge is 0.339 e. The molecule has 1 aliphatic rings. The number of carbonyl (C=O) groups is 1. The van der Waals surface area contributed by atoms with E-state index in [0.717, 1.165) is 19.3 Å². The van der Waals surface area contributed by atoms with Crippen LogP contribution in [0.5, 0.6) is 0 Å². The topological polar surface area (TPSA) is 20.3 Å². The molecule has 0 aromatic heterocycles. The van der Waals surface area contributed by atoms with Gasteiger partial charge in [0.2, 0.25) is 0 Å².